The Balaban J connectivity index is 1.63. The smallest absolute Gasteiger partial charge is 0.251 e. The first kappa shape index (κ1) is 18.6. The molecule has 0 spiro atoms. The molecule has 0 saturated carbocycles. The third-order valence-corrected chi connectivity index (χ3v) is 4.92. The van der Waals surface area contributed by atoms with Crippen molar-refractivity contribution in [3.8, 4) is 0 Å². The summed E-state index contributed by atoms with van der Waals surface area (Å²) in [5.74, 6) is -0.762. The Morgan fingerprint density at radius 2 is 1.74 bits per heavy atom. The standard InChI is InChI=1S/C21H23N3O3/c1-14(15-6-4-3-5-7-15)24-13-17(12-19(24)25)21(27)23-18-10-8-16(9-11-18)20(26)22-2/h3-11,14,17H,12-13H2,1-2H3,(H,22,26)(H,23,27)/t14-,17+/m1/s1. The van der Waals surface area contributed by atoms with E-state index in [1.165, 1.54) is 0 Å². The molecule has 0 radical (unpaired) electrons. The lowest BCUT2D eigenvalue weighted by Gasteiger charge is -2.25. The van der Waals surface area contributed by atoms with Crippen LogP contribution in [0.25, 0.3) is 0 Å². The van der Waals surface area contributed by atoms with Gasteiger partial charge in [0, 0.05) is 31.3 Å². The molecule has 2 aromatic rings. The van der Waals surface area contributed by atoms with Gasteiger partial charge in [-0.2, -0.15) is 0 Å². The highest BCUT2D eigenvalue weighted by molar-refractivity contribution is 5.98. The second-order valence-corrected chi connectivity index (χ2v) is 6.68. The summed E-state index contributed by atoms with van der Waals surface area (Å²) >= 11 is 0. The molecular weight excluding hydrogens is 342 g/mol. The molecule has 1 aliphatic heterocycles. The number of amides is 3. The maximum atomic E-state index is 12.6. The summed E-state index contributed by atoms with van der Waals surface area (Å²) in [5, 5.41) is 5.39. The molecule has 1 aliphatic rings. The maximum Gasteiger partial charge on any atom is 0.251 e. The molecule has 2 atom stereocenters. The van der Waals surface area contributed by atoms with Crippen LogP contribution in [0, 0.1) is 5.92 Å². The molecule has 3 amide bonds. The monoisotopic (exact) mass is 365 g/mol. The minimum atomic E-state index is -0.387. The van der Waals surface area contributed by atoms with Crippen LogP contribution in [0.15, 0.2) is 54.6 Å². The zero-order valence-electron chi connectivity index (χ0n) is 15.4. The largest absolute Gasteiger partial charge is 0.355 e. The van der Waals surface area contributed by atoms with Crippen molar-refractivity contribution in [3.05, 3.63) is 65.7 Å². The molecule has 0 aliphatic carbocycles. The van der Waals surface area contributed by atoms with Gasteiger partial charge in [-0.1, -0.05) is 30.3 Å². The third kappa shape index (κ3) is 4.16. The average Bonchev–Trinajstić information content (AvgIpc) is 3.10. The quantitative estimate of drug-likeness (QED) is 0.855. The summed E-state index contributed by atoms with van der Waals surface area (Å²) in [6.07, 6.45) is 0.208. The van der Waals surface area contributed by atoms with Crippen LogP contribution in [-0.4, -0.2) is 36.2 Å². The third-order valence-electron chi connectivity index (χ3n) is 4.92. The second-order valence-electron chi connectivity index (χ2n) is 6.68. The molecule has 0 unspecified atom stereocenters. The van der Waals surface area contributed by atoms with Gasteiger partial charge in [-0.3, -0.25) is 14.4 Å². The number of carbonyl (C=O) groups is 3. The van der Waals surface area contributed by atoms with Gasteiger partial charge in [-0.05, 0) is 36.8 Å². The van der Waals surface area contributed by atoms with Gasteiger partial charge in [-0.25, -0.2) is 0 Å². The molecule has 6 nitrogen and oxygen atoms in total. The first-order valence-electron chi connectivity index (χ1n) is 8.97. The van der Waals surface area contributed by atoms with Crippen LogP contribution in [0.4, 0.5) is 5.69 Å². The molecule has 0 bridgehead atoms. The summed E-state index contributed by atoms with van der Waals surface area (Å²) in [4.78, 5) is 38.3. The van der Waals surface area contributed by atoms with Crippen LogP contribution < -0.4 is 10.6 Å². The molecular formula is C21H23N3O3. The van der Waals surface area contributed by atoms with Gasteiger partial charge < -0.3 is 15.5 Å². The van der Waals surface area contributed by atoms with E-state index in [-0.39, 0.29) is 36.1 Å². The van der Waals surface area contributed by atoms with Crippen molar-refractivity contribution in [1.29, 1.82) is 0 Å². The van der Waals surface area contributed by atoms with Gasteiger partial charge in [0.2, 0.25) is 11.8 Å². The summed E-state index contributed by atoms with van der Waals surface area (Å²) in [7, 11) is 1.57. The SMILES string of the molecule is CNC(=O)c1ccc(NC(=O)[C@H]2CC(=O)N([C@H](C)c3ccccc3)C2)cc1. The Labute approximate surface area is 158 Å². The lowest BCUT2D eigenvalue weighted by Crippen LogP contribution is -2.30. The van der Waals surface area contributed by atoms with Gasteiger partial charge in [0.1, 0.15) is 0 Å². The molecule has 1 saturated heterocycles. The lowest BCUT2D eigenvalue weighted by atomic mass is 10.1. The van der Waals surface area contributed by atoms with Crippen LogP contribution in [0.1, 0.15) is 35.3 Å². The van der Waals surface area contributed by atoms with Crippen molar-refractivity contribution >= 4 is 23.4 Å². The molecule has 140 valence electrons. The normalized spacial score (nSPS) is 17.5. The van der Waals surface area contributed by atoms with Crippen molar-refractivity contribution in [2.75, 3.05) is 18.9 Å². The fourth-order valence-corrected chi connectivity index (χ4v) is 3.29. The van der Waals surface area contributed by atoms with Crippen molar-refractivity contribution in [2.24, 2.45) is 5.92 Å². The number of carbonyl (C=O) groups excluding carboxylic acids is 3. The fourth-order valence-electron chi connectivity index (χ4n) is 3.29. The first-order valence-corrected chi connectivity index (χ1v) is 8.97. The van der Waals surface area contributed by atoms with Crippen LogP contribution in [0.3, 0.4) is 0 Å². The number of likely N-dealkylation sites (tertiary alicyclic amines) is 1. The number of hydrogen-bond acceptors (Lipinski definition) is 3. The Kier molecular flexibility index (Phi) is 5.54. The predicted molar refractivity (Wildman–Crippen MR) is 103 cm³/mol. The van der Waals surface area contributed by atoms with E-state index in [1.807, 2.05) is 37.3 Å². The zero-order chi connectivity index (χ0) is 19.4. The summed E-state index contributed by atoms with van der Waals surface area (Å²) in [6.45, 7) is 2.38. The molecule has 3 rings (SSSR count). The molecule has 1 fully saturated rings. The Hall–Kier alpha value is -3.15. The Bertz CT molecular complexity index is 834. The van der Waals surface area contributed by atoms with Crippen LogP contribution in [-0.2, 0) is 9.59 Å². The van der Waals surface area contributed by atoms with Crippen LogP contribution in [0.5, 0.6) is 0 Å². The topological polar surface area (TPSA) is 78.5 Å². The van der Waals surface area contributed by atoms with E-state index in [0.717, 1.165) is 5.56 Å². The zero-order valence-corrected chi connectivity index (χ0v) is 15.4. The van der Waals surface area contributed by atoms with E-state index < -0.39 is 0 Å². The Morgan fingerprint density at radius 1 is 1.07 bits per heavy atom. The Morgan fingerprint density at radius 3 is 2.37 bits per heavy atom. The number of hydrogen-bond donors (Lipinski definition) is 2. The van der Waals surface area contributed by atoms with Crippen molar-refractivity contribution in [2.45, 2.75) is 19.4 Å². The number of rotatable bonds is 5. The van der Waals surface area contributed by atoms with Gasteiger partial charge in [-0.15, -0.1) is 0 Å². The number of nitrogens with one attached hydrogen (secondary N) is 2. The summed E-state index contributed by atoms with van der Waals surface area (Å²) in [6, 6.07) is 16.4. The van der Waals surface area contributed by atoms with E-state index in [0.29, 0.717) is 17.8 Å². The first-order chi connectivity index (χ1) is 13.0. The van der Waals surface area contributed by atoms with Gasteiger partial charge in [0.25, 0.3) is 5.91 Å². The van der Waals surface area contributed by atoms with E-state index in [9.17, 15) is 14.4 Å². The van der Waals surface area contributed by atoms with Crippen molar-refractivity contribution in [3.63, 3.8) is 0 Å². The fraction of sp³-hybridized carbons (Fsp3) is 0.286. The van der Waals surface area contributed by atoms with E-state index >= 15 is 0 Å². The minimum absolute atomic E-state index is 0.0125. The molecule has 0 aromatic heterocycles. The van der Waals surface area contributed by atoms with Gasteiger partial charge in [0.15, 0.2) is 0 Å². The summed E-state index contributed by atoms with van der Waals surface area (Å²) < 4.78 is 0. The molecule has 27 heavy (non-hydrogen) atoms. The maximum absolute atomic E-state index is 12.6. The molecule has 6 heteroatoms. The number of benzene rings is 2. The van der Waals surface area contributed by atoms with Gasteiger partial charge in [0.05, 0.1) is 12.0 Å². The molecule has 1 heterocycles. The van der Waals surface area contributed by atoms with Crippen molar-refractivity contribution in [1.82, 2.24) is 10.2 Å². The predicted octanol–water partition coefficient (Wildman–Crippen LogP) is 2.59. The van der Waals surface area contributed by atoms with E-state index in [4.69, 9.17) is 0 Å². The number of nitrogens with zero attached hydrogens (tertiary/aromatic N) is 1. The molecule has 2 aromatic carbocycles. The molecule has 2 N–H and O–H groups in total. The number of anilines is 1. The van der Waals surface area contributed by atoms with Gasteiger partial charge >= 0.3 is 0 Å². The van der Waals surface area contributed by atoms with E-state index in [1.54, 1.807) is 36.2 Å². The summed E-state index contributed by atoms with van der Waals surface area (Å²) in [5.41, 5.74) is 2.18. The second kappa shape index (κ2) is 8.03. The van der Waals surface area contributed by atoms with Crippen LogP contribution >= 0.6 is 0 Å². The minimum Gasteiger partial charge on any atom is -0.355 e. The highest BCUT2D eigenvalue weighted by Crippen LogP contribution is 2.29. The lowest BCUT2D eigenvalue weighted by molar-refractivity contribution is -0.129. The highest BCUT2D eigenvalue weighted by atomic mass is 16.2. The average molecular weight is 365 g/mol. The van der Waals surface area contributed by atoms with Crippen molar-refractivity contribution < 1.29 is 14.4 Å². The van der Waals surface area contributed by atoms with E-state index in [2.05, 4.69) is 10.6 Å². The van der Waals surface area contributed by atoms with Crippen LogP contribution in [0.2, 0.25) is 0 Å². The highest BCUT2D eigenvalue weighted by Gasteiger charge is 2.37.